The van der Waals surface area contributed by atoms with Crippen LogP contribution in [0.1, 0.15) is 5.56 Å². The number of hydrogen-bond acceptors (Lipinski definition) is 2. The van der Waals surface area contributed by atoms with Crippen molar-refractivity contribution in [3.05, 3.63) is 55.4 Å². The third-order valence-electron chi connectivity index (χ3n) is 2.57. The SMILES string of the molecule is Cc1ccc(S(=O)(=O)Nc2c(Br)cc(Br)cc2Br)cc1. The molecule has 3 nitrogen and oxygen atoms in total. The fourth-order valence-electron chi connectivity index (χ4n) is 1.55. The summed E-state index contributed by atoms with van der Waals surface area (Å²) in [7, 11) is -3.61. The van der Waals surface area contributed by atoms with E-state index >= 15 is 0 Å². The second-order valence-corrected chi connectivity index (χ2v) is 8.47. The maximum atomic E-state index is 12.3. The molecular weight excluding hydrogens is 474 g/mol. The van der Waals surface area contributed by atoms with Gasteiger partial charge in [-0.15, -0.1) is 0 Å². The molecule has 2 aromatic carbocycles. The largest absolute Gasteiger partial charge is 0.277 e. The maximum absolute atomic E-state index is 12.3. The van der Waals surface area contributed by atoms with Gasteiger partial charge in [0.15, 0.2) is 0 Å². The van der Waals surface area contributed by atoms with Gasteiger partial charge >= 0.3 is 0 Å². The highest BCUT2D eigenvalue weighted by Gasteiger charge is 2.17. The standard InChI is InChI=1S/C13H10Br3NO2S/c1-8-2-4-10(5-3-8)20(18,19)17-13-11(15)6-9(14)7-12(13)16/h2-7,17H,1H3. The Morgan fingerprint density at radius 3 is 1.95 bits per heavy atom. The maximum Gasteiger partial charge on any atom is 0.261 e. The van der Waals surface area contributed by atoms with Crippen molar-refractivity contribution in [1.82, 2.24) is 0 Å². The number of hydrogen-bond donors (Lipinski definition) is 1. The molecule has 0 radical (unpaired) electrons. The van der Waals surface area contributed by atoms with Crippen LogP contribution in [-0.2, 0) is 10.0 Å². The van der Waals surface area contributed by atoms with Gasteiger partial charge in [-0.25, -0.2) is 8.42 Å². The highest BCUT2D eigenvalue weighted by atomic mass is 79.9. The number of rotatable bonds is 3. The Bertz CT molecular complexity index is 720. The normalized spacial score (nSPS) is 11.4. The molecule has 106 valence electrons. The highest BCUT2D eigenvalue weighted by molar-refractivity contribution is 9.11. The Morgan fingerprint density at radius 2 is 1.45 bits per heavy atom. The van der Waals surface area contributed by atoms with Gasteiger partial charge in [0.05, 0.1) is 10.6 Å². The highest BCUT2D eigenvalue weighted by Crippen LogP contribution is 2.35. The van der Waals surface area contributed by atoms with Crippen LogP contribution in [0, 0.1) is 6.92 Å². The molecule has 0 unspecified atom stereocenters. The summed E-state index contributed by atoms with van der Waals surface area (Å²) in [5, 5.41) is 0. The molecule has 0 fully saturated rings. The second-order valence-electron chi connectivity index (χ2n) is 4.16. The zero-order valence-corrected chi connectivity index (χ0v) is 15.9. The Labute approximate surface area is 143 Å². The molecule has 0 amide bonds. The predicted octanol–water partition coefficient (Wildman–Crippen LogP) is 5.08. The summed E-state index contributed by atoms with van der Waals surface area (Å²) in [6.45, 7) is 1.91. The minimum atomic E-state index is -3.61. The number of anilines is 1. The average Bonchev–Trinajstić information content (AvgIpc) is 2.34. The molecule has 0 bridgehead atoms. The van der Waals surface area contributed by atoms with Crippen LogP contribution in [0.4, 0.5) is 5.69 Å². The minimum absolute atomic E-state index is 0.227. The van der Waals surface area contributed by atoms with E-state index in [4.69, 9.17) is 0 Å². The van der Waals surface area contributed by atoms with Crippen LogP contribution < -0.4 is 4.72 Å². The van der Waals surface area contributed by atoms with Crippen molar-refractivity contribution in [3.8, 4) is 0 Å². The summed E-state index contributed by atoms with van der Waals surface area (Å²) in [6.07, 6.45) is 0. The molecule has 20 heavy (non-hydrogen) atoms. The van der Waals surface area contributed by atoms with E-state index in [1.54, 1.807) is 36.4 Å². The molecule has 1 N–H and O–H groups in total. The molecule has 0 aliphatic rings. The lowest BCUT2D eigenvalue weighted by Gasteiger charge is -2.12. The van der Waals surface area contributed by atoms with Crippen molar-refractivity contribution < 1.29 is 8.42 Å². The van der Waals surface area contributed by atoms with Gasteiger partial charge in [-0.3, -0.25) is 4.72 Å². The smallest absolute Gasteiger partial charge is 0.261 e. The van der Waals surface area contributed by atoms with Gasteiger partial charge in [-0.2, -0.15) is 0 Å². The van der Waals surface area contributed by atoms with E-state index in [2.05, 4.69) is 52.5 Å². The third kappa shape index (κ3) is 3.63. The van der Waals surface area contributed by atoms with Gasteiger partial charge in [0, 0.05) is 13.4 Å². The first-order valence-corrected chi connectivity index (χ1v) is 9.40. The summed E-state index contributed by atoms with van der Waals surface area (Å²) in [4.78, 5) is 0.227. The number of benzene rings is 2. The van der Waals surface area contributed by atoms with E-state index in [1.807, 2.05) is 6.92 Å². The Hall–Kier alpha value is -0.370. The summed E-state index contributed by atoms with van der Waals surface area (Å²) >= 11 is 10.0. The molecule has 2 aromatic rings. The number of sulfonamides is 1. The van der Waals surface area contributed by atoms with Gasteiger partial charge in [0.25, 0.3) is 10.0 Å². The molecule has 0 saturated carbocycles. The van der Waals surface area contributed by atoms with Crippen LogP contribution in [-0.4, -0.2) is 8.42 Å². The van der Waals surface area contributed by atoms with E-state index in [-0.39, 0.29) is 4.90 Å². The molecule has 0 saturated heterocycles. The summed E-state index contributed by atoms with van der Waals surface area (Å²) in [5.74, 6) is 0. The second kappa shape index (κ2) is 6.17. The fraction of sp³-hybridized carbons (Fsp3) is 0.0769. The van der Waals surface area contributed by atoms with Gasteiger partial charge in [-0.1, -0.05) is 33.6 Å². The van der Waals surface area contributed by atoms with Gasteiger partial charge in [0.2, 0.25) is 0 Å². The summed E-state index contributed by atoms with van der Waals surface area (Å²) in [5.41, 5.74) is 1.48. The summed E-state index contributed by atoms with van der Waals surface area (Å²) < 4.78 is 29.4. The van der Waals surface area contributed by atoms with Crippen molar-refractivity contribution in [2.45, 2.75) is 11.8 Å². The lowest BCUT2D eigenvalue weighted by Crippen LogP contribution is -2.13. The zero-order chi connectivity index (χ0) is 14.9. The van der Waals surface area contributed by atoms with Crippen molar-refractivity contribution in [1.29, 1.82) is 0 Å². The van der Waals surface area contributed by atoms with Crippen LogP contribution in [0.5, 0.6) is 0 Å². The van der Waals surface area contributed by atoms with Gasteiger partial charge < -0.3 is 0 Å². The molecule has 0 aliphatic heterocycles. The Morgan fingerprint density at radius 1 is 0.950 bits per heavy atom. The Balaban J connectivity index is 2.41. The molecule has 0 heterocycles. The zero-order valence-electron chi connectivity index (χ0n) is 10.3. The van der Waals surface area contributed by atoms with Crippen molar-refractivity contribution in [3.63, 3.8) is 0 Å². The van der Waals surface area contributed by atoms with E-state index in [9.17, 15) is 8.42 Å². The lowest BCUT2D eigenvalue weighted by molar-refractivity contribution is 0.601. The first-order valence-electron chi connectivity index (χ1n) is 5.53. The van der Waals surface area contributed by atoms with E-state index in [0.717, 1.165) is 10.0 Å². The van der Waals surface area contributed by atoms with Crippen LogP contribution in [0.25, 0.3) is 0 Å². The first-order chi connectivity index (χ1) is 9.29. The van der Waals surface area contributed by atoms with Gasteiger partial charge in [0.1, 0.15) is 0 Å². The molecule has 0 aromatic heterocycles. The van der Waals surface area contributed by atoms with Crippen molar-refractivity contribution in [2.24, 2.45) is 0 Å². The van der Waals surface area contributed by atoms with E-state index in [0.29, 0.717) is 14.6 Å². The molecule has 0 spiro atoms. The van der Waals surface area contributed by atoms with E-state index < -0.39 is 10.0 Å². The van der Waals surface area contributed by atoms with Crippen LogP contribution in [0.3, 0.4) is 0 Å². The van der Waals surface area contributed by atoms with Crippen LogP contribution in [0.2, 0.25) is 0 Å². The van der Waals surface area contributed by atoms with Gasteiger partial charge in [-0.05, 0) is 63.0 Å². The Kier molecular flexibility index (Phi) is 4.94. The average molecular weight is 484 g/mol. The predicted molar refractivity (Wildman–Crippen MR) is 91.5 cm³/mol. The monoisotopic (exact) mass is 481 g/mol. The quantitative estimate of drug-likeness (QED) is 0.661. The number of halogens is 3. The first kappa shape index (κ1) is 16.0. The topological polar surface area (TPSA) is 46.2 Å². The van der Waals surface area contributed by atoms with Crippen molar-refractivity contribution in [2.75, 3.05) is 4.72 Å². The van der Waals surface area contributed by atoms with E-state index in [1.165, 1.54) is 0 Å². The summed E-state index contributed by atoms with van der Waals surface area (Å²) in [6, 6.07) is 10.2. The van der Waals surface area contributed by atoms with Crippen molar-refractivity contribution >= 4 is 63.5 Å². The molecule has 2 rings (SSSR count). The lowest BCUT2D eigenvalue weighted by atomic mass is 10.2. The van der Waals surface area contributed by atoms with Crippen LogP contribution >= 0.6 is 47.8 Å². The third-order valence-corrected chi connectivity index (χ3v) is 5.65. The number of nitrogens with one attached hydrogen (secondary N) is 1. The fourth-order valence-corrected chi connectivity index (χ4v) is 5.37. The number of aryl methyl sites for hydroxylation is 1. The molecular formula is C13H10Br3NO2S. The molecule has 0 atom stereocenters. The molecule has 7 heteroatoms. The molecule has 0 aliphatic carbocycles. The van der Waals surface area contributed by atoms with Crippen LogP contribution in [0.15, 0.2) is 54.7 Å². The minimum Gasteiger partial charge on any atom is -0.277 e.